The second-order valence-electron chi connectivity index (χ2n) is 8.49. The number of aromatic nitrogens is 2. The van der Waals surface area contributed by atoms with Crippen molar-refractivity contribution in [1.29, 1.82) is 0 Å². The molecule has 0 radical (unpaired) electrons. The molecule has 1 N–H and O–H groups in total. The van der Waals surface area contributed by atoms with E-state index in [1.807, 2.05) is 34.1 Å². The summed E-state index contributed by atoms with van der Waals surface area (Å²) in [6.07, 6.45) is 0.928. The Morgan fingerprint density at radius 2 is 1.75 bits per heavy atom. The van der Waals surface area contributed by atoms with Crippen molar-refractivity contribution in [3.05, 3.63) is 65.4 Å². The third kappa shape index (κ3) is 4.99. The number of aryl methyl sites for hydroxylation is 1. The molecule has 0 aliphatic carbocycles. The Balaban J connectivity index is 1.32. The average molecular weight is 434 g/mol. The highest BCUT2D eigenvalue weighted by Gasteiger charge is 2.26. The fraction of sp³-hybridized carbons (Fsp3) is 0.400. The van der Waals surface area contributed by atoms with E-state index in [-0.39, 0.29) is 11.8 Å². The highest BCUT2D eigenvalue weighted by molar-refractivity contribution is 6.04. The number of hydrogen-bond donors (Lipinski definition) is 1. The predicted molar refractivity (Wildman–Crippen MR) is 125 cm³/mol. The van der Waals surface area contributed by atoms with Crippen molar-refractivity contribution in [3.63, 3.8) is 0 Å². The van der Waals surface area contributed by atoms with Crippen LogP contribution in [0.25, 0.3) is 10.9 Å². The molecule has 1 aliphatic rings. The molecule has 2 amide bonds. The molecule has 0 atom stereocenters. The van der Waals surface area contributed by atoms with Crippen molar-refractivity contribution in [2.45, 2.75) is 26.8 Å². The summed E-state index contributed by atoms with van der Waals surface area (Å²) < 4.78 is 0. The zero-order valence-electron chi connectivity index (χ0n) is 18.9. The van der Waals surface area contributed by atoms with Gasteiger partial charge >= 0.3 is 0 Å². The summed E-state index contributed by atoms with van der Waals surface area (Å²) in [6, 6.07) is 16.0. The highest BCUT2D eigenvalue weighted by atomic mass is 16.2. The number of hydrogen-bond acceptors (Lipinski definition) is 4. The molecule has 0 saturated carbocycles. The fourth-order valence-corrected chi connectivity index (χ4v) is 4.15. The van der Waals surface area contributed by atoms with Gasteiger partial charge in [0.2, 0.25) is 5.91 Å². The Morgan fingerprint density at radius 3 is 2.47 bits per heavy atom. The minimum Gasteiger partial charge on any atom is -0.337 e. The lowest BCUT2D eigenvalue weighted by Gasteiger charge is -2.35. The molecule has 4 rings (SSSR count). The number of para-hydroxylation sites is 1. The minimum atomic E-state index is -0.0552. The molecule has 3 aromatic rings. The number of fused-ring (bicyclic) bond motifs is 1. The molecule has 0 unspecified atom stereocenters. The van der Waals surface area contributed by atoms with Crippen LogP contribution in [0, 0.1) is 6.92 Å². The number of amides is 2. The average Bonchev–Trinajstić information content (AvgIpc) is 3.24. The van der Waals surface area contributed by atoms with Gasteiger partial charge in [0.25, 0.3) is 5.91 Å². The normalized spacial score (nSPS) is 14.6. The third-order valence-electron chi connectivity index (χ3n) is 6.03. The van der Waals surface area contributed by atoms with Gasteiger partial charge in [-0.15, -0.1) is 0 Å². The van der Waals surface area contributed by atoms with Crippen LogP contribution in [0.1, 0.15) is 35.0 Å². The molecule has 168 valence electrons. The summed E-state index contributed by atoms with van der Waals surface area (Å²) in [5, 5.41) is 8.02. The smallest absolute Gasteiger partial charge is 0.275 e. The van der Waals surface area contributed by atoms with Gasteiger partial charge in [0.1, 0.15) is 0 Å². The van der Waals surface area contributed by atoms with Gasteiger partial charge in [0.05, 0.1) is 12.1 Å². The lowest BCUT2D eigenvalue weighted by molar-refractivity contribution is -0.133. The number of rotatable bonds is 7. The third-order valence-corrected chi connectivity index (χ3v) is 6.03. The van der Waals surface area contributed by atoms with Crippen LogP contribution in [0.5, 0.6) is 0 Å². The molecular formula is C25H31N5O2. The number of piperazine rings is 1. The van der Waals surface area contributed by atoms with Crippen molar-refractivity contribution >= 4 is 22.7 Å². The maximum Gasteiger partial charge on any atom is 0.275 e. The van der Waals surface area contributed by atoms with Crippen molar-refractivity contribution in [3.8, 4) is 0 Å². The number of nitrogens with one attached hydrogen (secondary N) is 1. The quantitative estimate of drug-likeness (QED) is 0.622. The summed E-state index contributed by atoms with van der Waals surface area (Å²) >= 11 is 0. The molecule has 2 aromatic carbocycles. The molecule has 2 heterocycles. The van der Waals surface area contributed by atoms with Gasteiger partial charge in [-0.1, -0.05) is 55.0 Å². The Labute approximate surface area is 189 Å². The van der Waals surface area contributed by atoms with E-state index in [0.29, 0.717) is 45.0 Å². The fourth-order valence-electron chi connectivity index (χ4n) is 4.15. The van der Waals surface area contributed by atoms with E-state index in [1.165, 1.54) is 5.56 Å². The van der Waals surface area contributed by atoms with E-state index in [4.69, 9.17) is 0 Å². The zero-order valence-corrected chi connectivity index (χ0v) is 18.9. The first-order valence-corrected chi connectivity index (χ1v) is 11.3. The Hall–Kier alpha value is -3.19. The van der Waals surface area contributed by atoms with Crippen LogP contribution in [0.2, 0.25) is 0 Å². The Bertz CT molecular complexity index is 1070. The van der Waals surface area contributed by atoms with Crippen LogP contribution >= 0.6 is 0 Å². The Morgan fingerprint density at radius 1 is 1.03 bits per heavy atom. The minimum absolute atomic E-state index is 0.0552. The number of aromatic amines is 1. The standard InChI is InChI=1S/C25H31N5O2/c1-3-12-30(17-20-10-8-19(2)9-11-20)23(31)18-28-13-15-29(16-14-28)25(32)24-21-6-4-5-7-22(21)26-27-24/h4-11H,3,12-18H2,1-2H3,(H,26,27). The Kier molecular flexibility index (Phi) is 6.85. The number of benzene rings is 2. The van der Waals surface area contributed by atoms with Crippen LogP contribution < -0.4 is 0 Å². The van der Waals surface area contributed by atoms with Crippen LogP contribution in [0.15, 0.2) is 48.5 Å². The maximum atomic E-state index is 13.0. The van der Waals surface area contributed by atoms with Gasteiger partial charge in [-0.05, 0) is 25.0 Å². The summed E-state index contributed by atoms with van der Waals surface area (Å²) in [4.78, 5) is 31.9. The summed E-state index contributed by atoms with van der Waals surface area (Å²) in [5.41, 5.74) is 3.71. The van der Waals surface area contributed by atoms with Crippen LogP contribution in [-0.2, 0) is 11.3 Å². The van der Waals surface area contributed by atoms with E-state index in [9.17, 15) is 9.59 Å². The predicted octanol–water partition coefficient (Wildman–Crippen LogP) is 3.07. The van der Waals surface area contributed by atoms with E-state index in [2.05, 4.69) is 53.2 Å². The molecule has 7 nitrogen and oxygen atoms in total. The molecule has 7 heteroatoms. The summed E-state index contributed by atoms with van der Waals surface area (Å²) in [5.74, 6) is 0.0888. The first kappa shape index (κ1) is 22.0. The van der Waals surface area contributed by atoms with Gasteiger partial charge < -0.3 is 9.80 Å². The van der Waals surface area contributed by atoms with Crippen molar-refractivity contribution in [1.82, 2.24) is 24.9 Å². The SMILES string of the molecule is CCCN(Cc1ccc(C)cc1)C(=O)CN1CCN(C(=O)c2n[nH]c3ccccc23)CC1. The van der Waals surface area contributed by atoms with E-state index >= 15 is 0 Å². The number of H-pyrrole nitrogens is 1. The highest BCUT2D eigenvalue weighted by Crippen LogP contribution is 2.18. The second-order valence-corrected chi connectivity index (χ2v) is 8.49. The number of carbonyl (C=O) groups is 2. The zero-order chi connectivity index (χ0) is 22.5. The molecule has 32 heavy (non-hydrogen) atoms. The van der Waals surface area contributed by atoms with Crippen LogP contribution in [0.4, 0.5) is 0 Å². The molecule has 0 bridgehead atoms. The monoisotopic (exact) mass is 433 g/mol. The molecule has 0 spiro atoms. The van der Waals surface area contributed by atoms with Crippen molar-refractivity contribution in [2.75, 3.05) is 39.3 Å². The number of carbonyl (C=O) groups excluding carboxylic acids is 2. The molecular weight excluding hydrogens is 402 g/mol. The van der Waals surface area contributed by atoms with Gasteiger partial charge in [-0.3, -0.25) is 19.6 Å². The first-order chi connectivity index (χ1) is 15.5. The van der Waals surface area contributed by atoms with Gasteiger partial charge in [0, 0.05) is 44.7 Å². The van der Waals surface area contributed by atoms with Gasteiger partial charge in [0.15, 0.2) is 5.69 Å². The summed E-state index contributed by atoms with van der Waals surface area (Å²) in [6.45, 7) is 8.50. The maximum absolute atomic E-state index is 13.0. The molecule has 1 fully saturated rings. The lowest BCUT2D eigenvalue weighted by atomic mass is 10.1. The van der Waals surface area contributed by atoms with E-state index in [0.717, 1.165) is 29.4 Å². The molecule has 1 aliphatic heterocycles. The lowest BCUT2D eigenvalue weighted by Crippen LogP contribution is -2.51. The van der Waals surface area contributed by atoms with Crippen molar-refractivity contribution < 1.29 is 9.59 Å². The number of nitrogens with zero attached hydrogens (tertiary/aromatic N) is 4. The first-order valence-electron chi connectivity index (χ1n) is 11.3. The summed E-state index contributed by atoms with van der Waals surface area (Å²) in [7, 11) is 0. The van der Waals surface area contributed by atoms with Gasteiger partial charge in [-0.2, -0.15) is 5.10 Å². The van der Waals surface area contributed by atoms with Gasteiger partial charge in [-0.25, -0.2) is 0 Å². The van der Waals surface area contributed by atoms with Crippen LogP contribution in [-0.4, -0.2) is 76.0 Å². The van der Waals surface area contributed by atoms with E-state index in [1.54, 1.807) is 0 Å². The van der Waals surface area contributed by atoms with E-state index < -0.39 is 0 Å². The van der Waals surface area contributed by atoms with Crippen molar-refractivity contribution in [2.24, 2.45) is 0 Å². The molecule has 1 saturated heterocycles. The second kappa shape index (κ2) is 9.96. The topological polar surface area (TPSA) is 72.5 Å². The molecule has 1 aromatic heterocycles. The van der Waals surface area contributed by atoms with Crippen LogP contribution in [0.3, 0.4) is 0 Å². The largest absolute Gasteiger partial charge is 0.337 e.